The van der Waals surface area contributed by atoms with Crippen molar-refractivity contribution < 1.29 is 17.6 Å². The number of sulfonamides is 1. The molecule has 0 bridgehead atoms. The topological polar surface area (TPSA) is 66.5 Å². The Kier molecular flexibility index (Phi) is 2.78. The van der Waals surface area contributed by atoms with Gasteiger partial charge in [-0.05, 0) is 19.1 Å². The number of carbonyl (C=O) groups excluding carboxylic acids is 1. The highest BCUT2D eigenvalue weighted by atomic mass is 32.2. The summed E-state index contributed by atoms with van der Waals surface area (Å²) in [4.78, 5) is 11.4. The van der Waals surface area contributed by atoms with Crippen LogP contribution >= 0.6 is 0 Å². The molecule has 2 rings (SSSR count). The van der Waals surface area contributed by atoms with Crippen LogP contribution in [-0.4, -0.2) is 26.6 Å². The van der Waals surface area contributed by atoms with E-state index >= 15 is 0 Å². The first-order valence-electron chi connectivity index (χ1n) is 5.04. The molecular formula is C10H11FN2O3S. The molecule has 0 fully saturated rings. The van der Waals surface area contributed by atoms with Gasteiger partial charge in [-0.25, -0.2) is 12.8 Å². The molecule has 1 heterocycles. The second kappa shape index (κ2) is 3.99. The van der Waals surface area contributed by atoms with Crippen LogP contribution < -0.4 is 9.62 Å². The van der Waals surface area contributed by atoms with Crippen LogP contribution in [0, 0.1) is 5.82 Å². The summed E-state index contributed by atoms with van der Waals surface area (Å²) < 4.78 is 38.0. The Hall–Kier alpha value is -1.63. The molecule has 1 aliphatic rings. The van der Waals surface area contributed by atoms with E-state index in [9.17, 15) is 17.6 Å². The molecule has 0 radical (unpaired) electrons. The van der Waals surface area contributed by atoms with Crippen molar-refractivity contribution in [1.29, 1.82) is 0 Å². The fourth-order valence-electron chi connectivity index (χ4n) is 1.64. The minimum atomic E-state index is -3.58. The first kappa shape index (κ1) is 11.8. The van der Waals surface area contributed by atoms with Gasteiger partial charge in [0.1, 0.15) is 18.0 Å². The molecule has 7 heteroatoms. The molecule has 1 aromatic rings. The van der Waals surface area contributed by atoms with Gasteiger partial charge in [0.15, 0.2) is 0 Å². The lowest BCUT2D eigenvalue weighted by Crippen LogP contribution is -2.43. The number of halogens is 1. The lowest BCUT2D eigenvalue weighted by atomic mass is 10.2. The maximum atomic E-state index is 13.5. The second-order valence-electron chi connectivity index (χ2n) is 3.59. The van der Waals surface area contributed by atoms with E-state index in [1.54, 1.807) is 0 Å². The number of anilines is 2. The second-order valence-corrected chi connectivity index (χ2v) is 5.77. The number of benzene rings is 1. The van der Waals surface area contributed by atoms with Gasteiger partial charge < -0.3 is 5.32 Å². The van der Waals surface area contributed by atoms with E-state index in [0.29, 0.717) is 0 Å². The molecule has 0 atom stereocenters. The molecule has 5 nitrogen and oxygen atoms in total. The highest BCUT2D eigenvalue weighted by Crippen LogP contribution is 2.33. The van der Waals surface area contributed by atoms with E-state index in [4.69, 9.17) is 0 Å². The van der Waals surface area contributed by atoms with Crippen LogP contribution in [-0.2, 0) is 14.8 Å². The third-order valence-corrected chi connectivity index (χ3v) is 4.24. The predicted octanol–water partition coefficient (Wildman–Crippen LogP) is 0.934. The van der Waals surface area contributed by atoms with Crippen LogP contribution in [0.1, 0.15) is 6.92 Å². The van der Waals surface area contributed by atoms with Gasteiger partial charge in [0, 0.05) is 0 Å². The Morgan fingerprint density at radius 3 is 2.82 bits per heavy atom. The summed E-state index contributed by atoms with van der Waals surface area (Å²) in [6.07, 6.45) is 0. The summed E-state index contributed by atoms with van der Waals surface area (Å²) in [5, 5.41) is 2.33. The van der Waals surface area contributed by atoms with E-state index in [-0.39, 0.29) is 23.7 Å². The fourth-order valence-corrected chi connectivity index (χ4v) is 2.72. The third-order valence-electron chi connectivity index (χ3n) is 2.51. The lowest BCUT2D eigenvalue weighted by molar-refractivity contribution is -0.115. The van der Waals surface area contributed by atoms with Gasteiger partial charge in [0.05, 0.1) is 11.4 Å². The highest BCUT2D eigenvalue weighted by Gasteiger charge is 2.31. The summed E-state index contributed by atoms with van der Waals surface area (Å²) in [6, 6.07) is 4.04. The number of hydrogen-bond acceptors (Lipinski definition) is 3. The standard InChI is InChI=1S/C10H11FN2O3S/c1-2-17(15,16)13-6-9(14)12-10-7(11)4-3-5-8(10)13/h3-5H,2,6H2,1H3,(H,12,14). The predicted molar refractivity (Wildman–Crippen MR) is 61.8 cm³/mol. The third kappa shape index (κ3) is 1.97. The Balaban J connectivity index is 2.60. The average molecular weight is 258 g/mol. The molecule has 0 saturated carbocycles. The number of amides is 1. The number of para-hydroxylation sites is 1. The molecule has 0 aliphatic carbocycles. The monoisotopic (exact) mass is 258 g/mol. The smallest absolute Gasteiger partial charge is 0.245 e. The van der Waals surface area contributed by atoms with Crippen molar-refractivity contribution in [3.63, 3.8) is 0 Å². The van der Waals surface area contributed by atoms with Crippen molar-refractivity contribution in [1.82, 2.24) is 0 Å². The molecule has 1 aromatic carbocycles. The molecule has 17 heavy (non-hydrogen) atoms. The molecule has 0 unspecified atom stereocenters. The van der Waals surface area contributed by atoms with Crippen molar-refractivity contribution >= 4 is 27.3 Å². The first-order chi connectivity index (χ1) is 7.95. The van der Waals surface area contributed by atoms with Crippen molar-refractivity contribution in [2.75, 3.05) is 21.9 Å². The molecule has 0 spiro atoms. The number of hydrogen-bond donors (Lipinski definition) is 1. The Morgan fingerprint density at radius 2 is 2.18 bits per heavy atom. The molecular weight excluding hydrogens is 247 g/mol. The quantitative estimate of drug-likeness (QED) is 0.858. The van der Waals surface area contributed by atoms with Gasteiger partial charge in [0.25, 0.3) is 0 Å². The molecule has 92 valence electrons. The van der Waals surface area contributed by atoms with Crippen LogP contribution in [0.5, 0.6) is 0 Å². The van der Waals surface area contributed by atoms with E-state index in [0.717, 1.165) is 4.31 Å². The van der Waals surface area contributed by atoms with Crippen molar-refractivity contribution in [3.8, 4) is 0 Å². The van der Waals surface area contributed by atoms with Crippen molar-refractivity contribution in [2.24, 2.45) is 0 Å². The van der Waals surface area contributed by atoms with Crippen LogP contribution in [0.15, 0.2) is 18.2 Å². The zero-order chi connectivity index (χ0) is 12.6. The van der Waals surface area contributed by atoms with Crippen LogP contribution in [0.2, 0.25) is 0 Å². The summed E-state index contributed by atoms with van der Waals surface area (Å²) in [6.45, 7) is 1.16. The van der Waals surface area contributed by atoms with Crippen LogP contribution in [0.3, 0.4) is 0 Å². The molecule has 1 N–H and O–H groups in total. The zero-order valence-corrected chi connectivity index (χ0v) is 9.92. The number of nitrogens with zero attached hydrogens (tertiary/aromatic N) is 1. The fraction of sp³-hybridized carbons (Fsp3) is 0.300. The van der Waals surface area contributed by atoms with Gasteiger partial charge in [0.2, 0.25) is 15.9 Å². The normalized spacial score (nSPS) is 15.4. The Bertz CT molecular complexity index is 571. The SMILES string of the molecule is CCS(=O)(=O)N1CC(=O)Nc2c(F)cccc21. The summed E-state index contributed by atoms with van der Waals surface area (Å²) in [5.74, 6) is -1.33. The molecule has 1 amide bonds. The lowest BCUT2D eigenvalue weighted by Gasteiger charge is -2.29. The molecule has 0 saturated heterocycles. The Labute approximate surface area is 98.3 Å². The minimum Gasteiger partial charge on any atom is -0.320 e. The molecule has 0 aromatic heterocycles. The maximum absolute atomic E-state index is 13.5. The highest BCUT2D eigenvalue weighted by molar-refractivity contribution is 7.92. The first-order valence-corrected chi connectivity index (χ1v) is 6.65. The van der Waals surface area contributed by atoms with E-state index < -0.39 is 21.7 Å². The van der Waals surface area contributed by atoms with Gasteiger partial charge >= 0.3 is 0 Å². The van der Waals surface area contributed by atoms with E-state index in [1.165, 1.54) is 25.1 Å². The van der Waals surface area contributed by atoms with Crippen molar-refractivity contribution in [3.05, 3.63) is 24.0 Å². The zero-order valence-electron chi connectivity index (χ0n) is 9.10. The van der Waals surface area contributed by atoms with E-state index in [1.807, 2.05) is 0 Å². The number of nitrogens with one attached hydrogen (secondary N) is 1. The van der Waals surface area contributed by atoms with Gasteiger partial charge in [-0.2, -0.15) is 0 Å². The average Bonchev–Trinajstić information content (AvgIpc) is 2.29. The summed E-state index contributed by atoms with van der Waals surface area (Å²) in [5.41, 5.74) is 0.0900. The largest absolute Gasteiger partial charge is 0.320 e. The van der Waals surface area contributed by atoms with Gasteiger partial charge in [-0.3, -0.25) is 9.10 Å². The minimum absolute atomic E-state index is 0.0826. The van der Waals surface area contributed by atoms with Crippen LogP contribution in [0.4, 0.5) is 15.8 Å². The number of rotatable bonds is 2. The summed E-state index contributed by atoms with van der Waals surface area (Å²) >= 11 is 0. The van der Waals surface area contributed by atoms with Gasteiger partial charge in [-0.1, -0.05) is 6.07 Å². The number of fused-ring (bicyclic) bond motifs is 1. The number of carbonyl (C=O) groups is 1. The van der Waals surface area contributed by atoms with Crippen LogP contribution in [0.25, 0.3) is 0 Å². The van der Waals surface area contributed by atoms with Crippen molar-refractivity contribution in [2.45, 2.75) is 6.92 Å². The maximum Gasteiger partial charge on any atom is 0.245 e. The Morgan fingerprint density at radius 1 is 1.47 bits per heavy atom. The summed E-state index contributed by atoms with van der Waals surface area (Å²) in [7, 11) is -3.58. The molecule has 1 aliphatic heterocycles. The van der Waals surface area contributed by atoms with E-state index in [2.05, 4.69) is 5.32 Å². The van der Waals surface area contributed by atoms with Gasteiger partial charge in [-0.15, -0.1) is 0 Å².